The molecule has 0 aliphatic carbocycles. The average Bonchev–Trinajstić information content (AvgIpc) is 3.41. The number of likely N-dealkylation sites (N-methyl/N-ethyl adjacent to an activating group) is 1. The molecule has 78 heavy (non-hydrogen) atoms. The molecule has 0 fully saturated rings. The maximum atomic E-state index is 12.8. The molecule has 0 aromatic carbocycles. The standard InChI is InChI=1S/C68H116NO8P/c1-6-8-10-12-14-16-18-20-22-24-26-28-30-32-33-34-35-37-39-41-43-45-47-49-51-53-55-57-59-61-68(71)77-66(65-76-78(72,73)75-63-62-69(3,4)5)64-74-67(70)60-58-56-54-52-50-48-46-44-42-40-38-36-31-29-27-25-23-21-19-17-15-13-11-9-7-2/h8,10,14,16,19-22,25-28,32-33,35,37,41,43,47,49,66H,6-7,9,11-13,15,17-18,23-24,29-31,34,36,38-40,42,44-46,48,50-65H2,1-5H3/b10-8-,16-14-,21-19-,22-20-,27-25-,28-26-,33-32-,37-35-,43-41-,49-47-. The van der Waals surface area contributed by atoms with Crippen LogP contribution in [0, 0.1) is 0 Å². The van der Waals surface area contributed by atoms with E-state index in [-0.39, 0.29) is 26.1 Å². The molecule has 0 saturated carbocycles. The first-order valence-corrected chi connectivity index (χ1v) is 32.7. The van der Waals surface area contributed by atoms with Gasteiger partial charge in [0.1, 0.15) is 19.8 Å². The molecule has 0 heterocycles. The summed E-state index contributed by atoms with van der Waals surface area (Å²) in [6, 6.07) is 0. The fourth-order valence-corrected chi connectivity index (χ4v) is 8.90. The number of quaternary nitrogens is 1. The van der Waals surface area contributed by atoms with Crippen LogP contribution in [0.15, 0.2) is 122 Å². The predicted molar refractivity (Wildman–Crippen MR) is 332 cm³/mol. The molecule has 9 nitrogen and oxygen atoms in total. The van der Waals surface area contributed by atoms with Crippen molar-refractivity contribution in [2.45, 2.75) is 251 Å². The van der Waals surface area contributed by atoms with Gasteiger partial charge in [-0.1, -0.05) is 245 Å². The minimum Gasteiger partial charge on any atom is -0.756 e. The zero-order valence-corrected chi connectivity index (χ0v) is 51.5. The Kier molecular flexibility index (Phi) is 55.4. The Hall–Kier alpha value is -3.59. The van der Waals surface area contributed by atoms with Crippen molar-refractivity contribution < 1.29 is 42.1 Å². The monoisotopic (exact) mass is 1110 g/mol. The third-order valence-electron chi connectivity index (χ3n) is 13.0. The third-order valence-corrected chi connectivity index (χ3v) is 13.9. The third kappa shape index (κ3) is 61.6. The van der Waals surface area contributed by atoms with Crippen molar-refractivity contribution in [3.8, 4) is 0 Å². The SMILES string of the molecule is CC/C=C\C/C=C\C/C=C\C/C=C\C/C=C\C/C=C\C/C=C\C/C=C\CCCCCCC(=O)OC(COC(=O)CCCCCCCCCCCCCCC/C=C\C/C=C\CCCCCCC)COP(=O)([O-])OCC[N+](C)(C)C. The quantitative estimate of drug-likeness (QED) is 0.0195. The zero-order valence-electron chi connectivity index (χ0n) is 50.6. The van der Waals surface area contributed by atoms with E-state index in [0.717, 1.165) is 103 Å². The van der Waals surface area contributed by atoms with Crippen LogP contribution in [0.25, 0.3) is 0 Å². The molecule has 10 heteroatoms. The van der Waals surface area contributed by atoms with Gasteiger partial charge in [-0.25, -0.2) is 0 Å². The van der Waals surface area contributed by atoms with E-state index in [9.17, 15) is 19.0 Å². The second-order valence-electron chi connectivity index (χ2n) is 21.7. The van der Waals surface area contributed by atoms with Crippen LogP contribution in [0.4, 0.5) is 0 Å². The number of phosphoric acid groups is 1. The Morgan fingerprint density at radius 1 is 0.410 bits per heavy atom. The molecule has 0 aliphatic rings. The van der Waals surface area contributed by atoms with E-state index in [1.54, 1.807) is 0 Å². The van der Waals surface area contributed by atoms with Gasteiger partial charge in [-0.15, -0.1) is 0 Å². The summed E-state index contributed by atoms with van der Waals surface area (Å²) in [5.41, 5.74) is 0. The second kappa shape index (κ2) is 58.1. The molecule has 0 amide bonds. The maximum absolute atomic E-state index is 12.8. The molecule has 446 valence electrons. The van der Waals surface area contributed by atoms with E-state index in [1.807, 2.05) is 21.1 Å². The predicted octanol–water partition coefficient (Wildman–Crippen LogP) is 19.3. The molecule has 0 aromatic heterocycles. The smallest absolute Gasteiger partial charge is 0.306 e. The zero-order chi connectivity index (χ0) is 57.0. The first kappa shape index (κ1) is 74.4. The first-order valence-electron chi connectivity index (χ1n) is 31.2. The molecule has 0 radical (unpaired) electrons. The highest BCUT2D eigenvalue weighted by atomic mass is 31.2. The van der Waals surface area contributed by atoms with Gasteiger partial charge in [0.2, 0.25) is 0 Å². The van der Waals surface area contributed by atoms with Gasteiger partial charge in [-0.05, 0) is 109 Å². The van der Waals surface area contributed by atoms with Crippen LogP contribution in [-0.4, -0.2) is 70.0 Å². The molecule has 0 bridgehead atoms. The number of hydrogen-bond donors (Lipinski definition) is 0. The molecule has 0 N–H and O–H groups in total. The van der Waals surface area contributed by atoms with Crippen LogP contribution in [0.5, 0.6) is 0 Å². The summed E-state index contributed by atoms with van der Waals surface area (Å²) in [6.07, 6.45) is 82.5. The average molecular weight is 1110 g/mol. The Bertz CT molecular complexity index is 1730. The van der Waals surface area contributed by atoms with Crippen LogP contribution >= 0.6 is 7.82 Å². The van der Waals surface area contributed by atoms with Crippen molar-refractivity contribution in [1.29, 1.82) is 0 Å². The number of unbranched alkanes of at least 4 members (excludes halogenated alkanes) is 22. The largest absolute Gasteiger partial charge is 0.756 e. The Morgan fingerprint density at radius 3 is 1.09 bits per heavy atom. The molecule has 0 aliphatic heterocycles. The lowest BCUT2D eigenvalue weighted by Gasteiger charge is -2.28. The van der Waals surface area contributed by atoms with E-state index >= 15 is 0 Å². The number of carbonyl (C=O) groups is 2. The molecule has 0 saturated heterocycles. The fraction of sp³-hybridized carbons (Fsp3) is 0.676. The topological polar surface area (TPSA) is 111 Å². The summed E-state index contributed by atoms with van der Waals surface area (Å²) < 4.78 is 34.2. The highest BCUT2D eigenvalue weighted by Crippen LogP contribution is 2.38. The highest BCUT2D eigenvalue weighted by molar-refractivity contribution is 7.45. The lowest BCUT2D eigenvalue weighted by molar-refractivity contribution is -0.870. The van der Waals surface area contributed by atoms with E-state index in [1.165, 1.54) is 109 Å². The van der Waals surface area contributed by atoms with E-state index in [4.69, 9.17) is 18.5 Å². The van der Waals surface area contributed by atoms with Crippen LogP contribution in [0.2, 0.25) is 0 Å². The number of allylic oxidation sites excluding steroid dienone is 20. The van der Waals surface area contributed by atoms with Gasteiger partial charge >= 0.3 is 11.9 Å². The van der Waals surface area contributed by atoms with Crippen LogP contribution < -0.4 is 4.89 Å². The molecular formula is C68H116NO8P. The fourth-order valence-electron chi connectivity index (χ4n) is 8.17. The van der Waals surface area contributed by atoms with Gasteiger partial charge in [0.15, 0.2) is 6.10 Å². The molecule has 0 spiro atoms. The number of esters is 2. The minimum absolute atomic E-state index is 0.0426. The van der Waals surface area contributed by atoms with Crippen molar-refractivity contribution in [2.75, 3.05) is 47.5 Å². The lowest BCUT2D eigenvalue weighted by Crippen LogP contribution is -2.37. The highest BCUT2D eigenvalue weighted by Gasteiger charge is 2.22. The van der Waals surface area contributed by atoms with Crippen LogP contribution in [-0.2, 0) is 32.7 Å². The number of phosphoric ester groups is 1. The van der Waals surface area contributed by atoms with Crippen LogP contribution in [0.3, 0.4) is 0 Å². The van der Waals surface area contributed by atoms with Gasteiger partial charge in [-0.3, -0.25) is 14.2 Å². The molecular weight excluding hydrogens is 990 g/mol. The minimum atomic E-state index is -4.65. The van der Waals surface area contributed by atoms with Crippen molar-refractivity contribution in [2.24, 2.45) is 0 Å². The van der Waals surface area contributed by atoms with Crippen molar-refractivity contribution in [1.82, 2.24) is 0 Å². The molecule has 0 aromatic rings. The summed E-state index contributed by atoms with van der Waals surface area (Å²) >= 11 is 0. The van der Waals surface area contributed by atoms with Crippen molar-refractivity contribution in [3.05, 3.63) is 122 Å². The number of rotatable bonds is 56. The molecule has 0 rings (SSSR count). The Morgan fingerprint density at radius 2 is 0.731 bits per heavy atom. The van der Waals surface area contributed by atoms with E-state index in [0.29, 0.717) is 17.4 Å². The van der Waals surface area contributed by atoms with Crippen LogP contribution in [0.1, 0.15) is 245 Å². The Labute approximate surface area is 479 Å². The summed E-state index contributed by atoms with van der Waals surface area (Å²) in [5, 5.41) is 0. The van der Waals surface area contributed by atoms with E-state index < -0.39 is 32.5 Å². The maximum Gasteiger partial charge on any atom is 0.306 e. The van der Waals surface area contributed by atoms with Gasteiger partial charge in [0.05, 0.1) is 27.7 Å². The van der Waals surface area contributed by atoms with Crippen molar-refractivity contribution >= 4 is 19.8 Å². The van der Waals surface area contributed by atoms with Gasteiger partial charge in [0.25, 0.3) is 7.82 Å². The lowest BCUT2D eigenvalue weighted by atomic mass is 10.0. The normalized spacial score (nSPS) is 14.1. The summed E-state index contributed by atoms with van der Waals surface area (Å²) in [4.78, 5) is 38.0. The number of nitrogens with zero attached hydrogens (tertiary/aromatic N) is 1. The number of ether oxygens (including phenoxy) is 2. The second-order valence-corrected chi connectivity index (χ2v) is 23.1. The summed E-state index contributed by atoms with van der Waals surface area (Å²) in [5.74, 6) is -0.868. The molecule has 2 atom stereocenters. The first-order chi connectivity index (χ1) is 38.0. The number of carbonyl (C=O) groups excluding carboxylic acids is 2. The Balaban J connectivity index is 4.23. The van der Waals surface area contributed by atoms with Gasteiger partial charge in [-0.2, -0.15) is 0 Å². The van der Waals surface area contributed by atoms with Gasteiger partial charge < -0.3 is 27.9 Å². The summed E-state index contributed by atoms with van der Waals surface area (Å²) in [7, 11) is 1.13. The van der Waals surface area contributed by atoms with E-state index in [2.05, 4.69) is 135 Å². The van der Waals surface area contributed by atoms with Gasteiger partial charge in [0, 0.05) is 12.8 Å². The molecule has 2 unspecified atom stereocenters. The van der Waals surface area contributed by atoms with Crippen molar-refractivity contribution in [3.63, 3.8) is 0 Å². The summed E-state index contributed by atoms with van der Waals surface area (Å²) in [6.45, 7) is 4.08. The number of hydrogen-bond acceptors (Lipinski definition) is 8.